The summed E-state index contributed by atoms with van der Waals surface area (Å²) in [5, 5.41) is 2.78. The number of hydrogen-bond donors (Lipinski definition) is 1. The lowest BCUT2D eigenvalue weighted by atomic mass is 10.2. The van der Waals surface area contributed by atoms with Crippen LogP contribution in [0.2, 0.25) is 0 Å². The zero-order valence-corrected chi connectivity index (χ0v) is 12.4. The Hall–Kier alpha value is -2.43. The fourth-order valence-electron chi connectivity index (χ4n) is 1.90. The van der Waals surface area contributed by atoms with Gasteiger partial charge in [0.1, 0.15) is 11.5 Å². The normalized spacial score (nSPS) is 10.2. The molecule has 2 rings (SSSR count). The molecule has 1 N–H and O–H groups in total. The van der Waals surface area contributed by atoms with Crippen molar-refractivity contribution < 1.29 is 4.79 Å². The molecule has 0 fully saturated rings. The van der Waals surface area contributed by atoms with Gasteiger partial charge in [-0.3, -0.25) is 4.79 Å². The lowest BCUT2D eigenvalue weighted by Gasteiger charge is -2.17. The SMILES string of the molecule is CCCNC(=O)c1cnc(N(C)Cc2ccccc2)cn1. The van der Waals surface area contributed by atoms with Gasteiger partial charge in [0.15, 0.2) is 0 Å². The minimum Gasteiger partial charge on any atom is -0.354 e. The molecule has 21 heavy (non-hydrogen) atoms. The Kier molecular flexibility index (Phi) is 5.26. The summed E-state index contributed by atoms with van der Waals surface area (Å²) in [5.74, 6) is 0.563. The molecule has 0 aliphatic rings. The van der Waals surface area contributed by atoms with Gasteiger partial charge in [0, 0.05) is 20.1 Å². The Morgan fingerprint density at radius 1 is 1.19 bits per heavy atom. The van der Waals surface area contributed by atoms with Crippen molar-refractivity contribution in [3.05, 3.63) is 54.0 Å². The zero-order chi connectivity index (χ0) is 15.1. The van der Waals surface area contributed by atoms with Crippen molar-refractivity contribution >= 4 is 11.7 Å². The number of carbonyl (C=O) groups excluding carboxylic acids is 1. The van der Waals surface area contributed by atoms with Crippen molar-refractivity contribution in [1.82, 2.24) is 15.3 Å². The third-order valence-electron chi connectivity index (χ3n) is 3.06. The third kappa shape index (κ3) is 4.27. The van der Waals surface area contributed by atoms with Gasteiger partial charge in [0.2, 0.25) is 0 Å². The van der Waals surface area contributed by atoms with E-state index < -0.39 is 0 Å². The van der Waals surface area contributed by atoms with Gasteiger partial charge in [-0.2, -0.15) is 0 Å². The summed E-state index contributed by atoms with van der Waals surface area (Å²) in [6, 6.07) is 10.1. The van der Waals surface area contributed by atoms with E-state index >= 15 is 0 Å². The first-order valence-corrected chi connectivity index (χ1v) is 7.06. The van der Waals surface area contributed by atoms with E-state index in [1.807, 2.05) is 37.1 Å². The number of nitrogens with one attached hydrogen (secondary N) is 1. The number of rotatable bonds is 6. The van der Waals surface area contributed by atoms with Gasteiger partial charge in [-0.15, -0.1) is 0 Å². The molecule has 0 bridgehead atoms. The number of nitrogens with zero attached hydrogens (tertiary/aromatic N) is 3. The van der Waals surface area contributed by atoms with Gasteiger partial charge >= 0.3 is 0 Å². The van der Waals surface area contributed by atoms with Crippen LogP contribution in [0.1, 0.15) is 29.4 Å². The maximum absolute atomic E-state index is 11.7. The Morgan fingerprint density at radius 3 is 2.57 bits per heavy atom. The van der Waals surface area contributed by atoms with Crippen molar-refractivity contribution in [2.45, 2.75) is 19.9 Å². The molecule has 0 atom stereocenters. The standard InChI is InChI=1S/C16H20N4O/c1-3-9-17-16(21)14-10-19-15(11-18-14)20(2)12-13-7-5-4-6-8-13/h4-8,10-11H,3,9,12H2,1-2H3,(H,17,21). The topological polar surface area (TPSA) is 58.1 Å². The minimum atomic E-state index is -0.179. The molecule has 110 valence electrons. The maximum atomic E-state index is 11.7. The second-order valence-electron chi connectivity index (χ2n) is 4.86. The summed E-state index contributed by atoms with van der Waals surface area (Å²) >= 11 is 0. The second kappa shape index (κ2) is 7.38. The first-order valence-electron chi connectivity index (χ1n) is 7.06. The van der Waals surface area contributed by atoms with Crippen LogP contribution in [0.25, 0.3) is 0 Å². The summed E-state index contributed by atoms with van der Waals surface area (Å²) in [7, 11) is 1.95. The van der Waals surface area contributed by atoms with E-state index in [9.17, 15) is 4.79 Å². The van der Waals surface area contributed by atoms with Crippen LogP contribution in [0, 0.1) is 0 Å². The highest BCUT2D eigenvalue weighted by atomic mass is 16.1. The van der Waals surface area contributed by atoms with Crippen LogP contribution in [-0.4, -0.2) is 29.5 Å². The van der Waals surface area contributed by atoms with E-state index in [4.69, 9.17) is 0 Å². The molecular formula is C16H20N4O. The molecule has 0 unspecified atom stereocenters. The molecule has 0 radical (unpaired) electrons. The van der Waals surface area contributed by atoms with Crippen LogP contribution in [-0.2, 0) is 6.54 Å². The van der Waals surface area contributed by atoms with E-state index in [1.54, 1.807) is 6.20 Å². The number of amides is 1. The van der Waals surface area contributed by atoms with Crippen molar-refractivity contribution in [1.29, 1.82) is 0 Å². The van der Waals surface area contributed by atoms with E-state index in [0.717, 1.165) is 18.8 Å². The van der Waals surface area contributed by atoms with Crippen molar-refractivity contribution in [2.24, 2.45) is 0 Å². The Labute approximate surface area is 125 Å². The highest BCUT2D eigenvalue weighted by molar-refractivity contribution is 5.91. The third-order valence-corrected chi connectivity index (χ3v) is 3.06. The van der Waals surface area contributed by atoms with E-state index in [0.29, 0.717) is 12.2 Å². The smallest absolute Gasteiger partial charge is 0.271 e. The van der Waals surface area contributed by atoms with Crippen molar-refractivity contribution in [3.63, 3.8) is 0 Å². The maximum Gasteiger partial charge on any atom is 0.271 e. The van der Waals surface area contributed by atoms with E-state index in [-0.39, 0.29) is 5.91 Å². The molecule has 0 saturated heterocycles. The summed E-state index contributed by atoms with van der Waals surface area (Å²) < 4.78 is 0. The van der Waals surface area contributed by atoms with Gasteiger partial charge in [-0.1, -0.05) is 37.3 Å². The van der Waals surface area contributed by atoms with Crippen LogP contribution in [0.4, 0.5) is 5.82 Å². The average Bonchev–Trinajstić information content (AvgIpc) is 2.53. The Morgan fingerprint density at radius 2 is 1.95 bits per heavy atom. The quantitative estimate of drug-likeness (QED) is 0.884. The largest absolute Gasteiger partial charge is 0.354 e. The first-order chi connectivity index (χ1) is 10.2. The number of hydrogen-bond acceptors (Lipinski definition) is 4. The molecule has 0 aliphatic heterocycles. The van der Waals surface area contributed by atoms with E-state index in [2.05, 4.69) is 27.4 Å². The monoisotopic (exact) mass is 284 g/mol. The number of anilines is 1. The lowest BCUT2D eigenvalue weighted by Crippen LogP contribution is -2.25. The van der Waals surface area contributed by atoms with Crippen LogP contribution < -0.4 is 10.2 Å². The number of benzene rings is 1. The van der Waals surface area contributed by atoms with Crippen molar-refractivity contribution in [2.75, 3.05) is 18.5 Å². The highest BCUT2D eigenvalue weighted by Gasteiger charge is 2.09. The lowest BCUT2D eigenvalue weighted by molar-refractivity contribution is 0.0948. The second-order valence-corrected chi connectivity index (χ2v) is 4.86. The van der Waals surface area contributed by atoms with Crippen LogP contribution in [0.5, 0.6) is 0 Å². The predicted octanol–water partition coefficient (Wildman–Crippen LogP) is 2.25. The molecule has 1 heterocycles. The van der Waals surface area contributed by atoms with Crippen LogP contribution in [0.3, 0.4) is 0 Å². The molecule has 1 amide bonds. The van der Waals surface area contributed by atoms with Gasteiger partial charge in [-0.25, -0.2) is 9.97 Å². The van der Waals surface area contributed by atoms with Gasteiger partial charge in [-0.05, 0) is 12.0 Å². The molecule has 0 aliphatic carbocycles. The van der Waals surface area contributed by atoms with Crippen molar-refractivity contribution in [3.8, 4) is 0 Å². The molecule has 5 nitrogen and oxygen atoms in total. The first kappa shape index (κ1) is 15.0. The Balaban J connectivity index is 1.99. The van der Waals surface area contributed by atoms with Crippen LogP contribution >= 0.6 is 0 Å². The fraction of sp³-hybridized carbons (Fsp3) is 0.312. The number of carbonyl (C=O) groups is 1. The van der Waals surface area contributed by atoms with Gasteiger partial charge < -0.3 is 10.2 Å². The summed E-state index contributed by atoms with van der Waals surface area (Å²) in [5.41, 5.74) is 1.55. The molecule has 2 aromatic rings. The van der Waals surface area contributed by atoms with Crippen LogP contribution in [0.15, 0.2) is 42.7 Å². The summed E-state index contributed by atoms with van der Waals surface area (Å²) in [4.78, 5) is 22.2. The molecule has 0 spiro atoms. The molecule has 5 heteroatoms. The molecule has 1 aromatic carbocycles. The Bertz CT molecular complexity index is 569. The fourth-order valence-corrected chi connectivity index (χ4v) is 1.90. The summed E-state index contributed by atoms with van der Waals surface area (Å²) in [6.07, 6.45) is 4.04. The van der Waals surface area contributed by atoms with Gasteiger partial charge in [0.05, 0.1) is 12.4 Å². The molecule has 1 aromatic heterocycles. The number of aromatic nitrogens is 2. The van der Waals surface area contributed by atoms with Gasteiger partial charge in [0.25, 0.3) is 5.91 Å². The molecular weight excluding hydrogens is 264 g/mol. The highest BCUT2D eigenvalue weighted by Crippen LogP contribution is 2.11. The minimum absolute atomic E-state index is 0.179. The molecule has 0 saturated carbocycles. The predicted molar refractivity (Wildman–Crippen MR) is 83.2 cm³/mol. The average molecular weight is 284 g/mol. The zero-order valence-electron chi connectivity index (χ0n) is 12.4. The summed E-state index contributed by atoms with van der Waals surface area (Å²) in [6.45, 7) is 3.40. The van der Waals surface area contributed by atoms with E-state index in [1.165, 1.54) is 11.8 Å².